The molecule has 2 nitrogen and oxygen atoms in total. The molecule has 0 amide bonds. The van der Waals surface area contributed by atoms with Gasteiger partial charge in [0, 0.05) is 23.3 Å². The summed E-state index contributed by atoms with van der Waals surface area (Å²) in [5.74, 6) is 0. The fraction of sp³-hybridized carbons (Fsp3) is 0. The third-order valence-electron chi connectivity index (χ3n) is 2.25. The van der Waals surface area contributed by atoms with E-state index in [1.807, 2.05) is 24.5 Å². The molecule has 0 aliphatic rings. The summed E-state index contributed by atoms with van der Waals surface area (Å²) >= 11 is 1.71. The first-order chi connectivity index (χ1) is 6.95. The first-order valence-electron chi connectivity index (χ1n) is 4.40. The molecule has 0 atom stereocenters. The summed E-state index contributed by atoms with van der Waals surface area (Å²) in [6, 6.07) is 8.28. The lowest BCUT2D eigenvalue weighted by atomic mass is 10.2. The van der Waals surface area contributed by atoms with Gasteiger partial charge in [0.2, 0.25) is 0 Å². The second-order valence-corrected chi connectivity index (χ2v) is 3.86. The Morgan fingerprint density at radius 2 is 2.21 bits per heavy atom. The Bertz CT molecular complexity index is 551. The molecule has 0 aromatic carbocycles. The summed E-state index contributed by atoms with van der Waals surface area (Å²) in [6.07, 6.45) is 3.81. The minimum atomic E-state index is 0.994. The zero-order valence-corrected chi connectivity index (χ0v) is 8.24. The quantitative estimate of drug-likeness (QED) is 0.590. The smallest absolute Gasteiger partial charge is 0.137 e. The van der Waals surface area contributed by atoms with Crippen LogP contribution in [0.5, 0.6) is 0 Å². The third-order valence-corrected chi connectivity index (χ3v) is 2.93. The van der Waals surface area contributed by atoms with E-state index in [-0.39, 0.29) is 0 Å². The average molecular weight is 200 g/mol. The zero-order valence-electron chi connectivity index (χ0n) is 7.42. The van der Waals surface area contributed by atoms with E-state index in [2.05, 4.69) is 32.3 Å². The van der Waals surface area contributed by atoms with Crippen molar-refractivity contribution in [2.45, 2.75) is 0 Å². The van der Waals surface area contributed by atoms with E-state index in [1.54, 1.807) is 11.3 Å². The van der Waals surface area contributed by atoms with Crippen LogP contribution >= 0.6 is 11.3 Å². The Morgan fingerprint density at radius 3 is 3.07 bits per heavy atom. The predicted octanol–water partition coefficient (Wildman–Crippen LogP) is 3.06. The molecule has 0 N–H and O–H groups in total. The highest BCUT2D eigenvalue weighted by Crippen LogP contribution is 2.22. The monoisotopic (exact) mass is 200 g/mol. The summed E-state index contributed by atoms with van der Waals surface area (Å²) < 4.78 is 2.10. The first kappa shape index (κ1) is 7.76. The zero-order chi connectivity index (χ0) is 9.38. The molecule has 3 rings (SSSR count). The number of thiophene rings is 1. The first-order valence-corrected chi connectivity index (χ1v) is 5.34. The van der Waals surface area contributed by atoms with Gasteiger partial charge in [-0.15, -0.1) is 0 Å². The van der Waals surface area contributed by atoms with E-state index in [1.165, 1.54) is 11.3 Å². The van der Waals surface area contributed by atoms with Crippen molar-refractivity contribution in [1.29, 1.82) is 0 Å². The molecule has 0 saturated heterocycles. The number of pyridine rings is 1. The summed E-state index contributed by atoms with van der Waals surface area (Å²) in [7, 11) is 0. The van der Waals surface area contributed by atoms with Crippen molar-refractivity contribution in [1.82, 2.24) is 9.38 Å². The van der Waals surface area contributed by atoms with Crippen LogP contribution in [-0.4, -0.2) is 9.38 Å². The summed E-state index contributed by atoms with van der Waals surface area (Å²) in [6.45, 7) is 0. The standard InChI is InChI=1S/C11H8N2S/c1-2-10(9-4-7-14-8-9)13-6-5-12-11(13)3-1/h1-8H. The lowest BCUT2D eigenvalue weighted by molar-refractivity contribution is 1.19. The molecule has 0 unspecified atom stereocenters. The Balaban J connectivity index is 2.36. The SMILES string of the molecule is c1cc(-c2ccsc2)n2ccnc2c1. The van der Waals surface area contributed by atoms with Gasteiger partial charge >= 0.3 is 0 Å². The van der Waals surface area contributed by atoms with E-state index < -0.39 is 0 Å². The van der Waals surface area contributed by atoms with Crippen LogP contribution in [-0.2, 0) is 0 Å². The van der Waals surface area contributed by atoms with Crippen molar-refractivity contribution < 1.29 is 0 Å². The number of aromatic nitrogens is 2. The van der Waals surface area contributed by atoms with E-state index in [9.17, 15) is 0 Å². The van der Waals surface area contributed by atoms with Crippen LogP contribution in [0.15, 0.2) is 47.4 Å². The fourth-order valence-electron chi connectivity index (χ4n) is 1.59. The minimum Gasteiger partial charge on any atom is -0.300 e. The number of rotatable bonds is 1. The highest BCUT2D eigenvalue weighted by atomic mass is 32.1. The van der Waals surface area contributed by atoms with Crippen molar-refractivity contribution in [2.24, 2.45) is 0 Å². The van der Waals surface area contributed by atoms with Crippen LogP contribution in [0, 0.1) is 0 Å². The molecule has 0 aliphatic carbocycles. The highest BCUT2D eigenvalue weighted by molar-refractivity contribution is 7.08. The molecule has 0 saturated carbocycles. The topological polar surface area (TPSA) is 17.3 Å². The Labute approximate surface area is 85.5 Å². The van der Waals surface area contributed by atoms with Gasteiger partial charge in [-0.25, -0.2) is 4.98 Å². The highest BCUT2D eigenvalue weighted by Gasteiger charge is 2.02. The van der Waals surface area contributed by atoms with Crippen LogP contribution in [0.25, 0.3) is 16.9 Å². The van der Waals surface area contributed by atoms with Gasteiger partial charge in [0.1, 0.15) is 5.65 Å². The number of hydrogen-bond acceptors (Lipinski definition) is 2. The normalized spacial score (nSPS) is 10.9. The van der Waals surface area contributed by atoms with Crippen molar-refractivity contribution in [2.75, 3.05) is 0 Å². The molecule has 0 bridgehead atoms. The molecule has 0 fully saturated rings. The molecule has 3 aromatic heterocycles. The number of hydrogen-bond donors (Lipinski definition) is 0. The minimum absolute atomic E-state index is 0.994. The molecule has 0 spiro atoms. The van der Waals surface area contributed by atoms with Gasteiger partial charge in [0.25, 0.3) is 0 Å². The molecule has 68 valence electrons. The largest absolute Gasteiger partial charge is 0.300 e. The van der Waals surface area contributed by atoms with Gasteiger partial charge in [0.15, 0.2) is 0 Å². The molecule has 3 heterocycles. The van der Waals surface area contributed by atoms with Crippen molar-refractivity contribution in [3.63, 3.8) is 0 Å². The molecule has 3 heteroatoms. The molecule has 0 aliphatic heterocycles. The van der Waals surface area contributed by atoms with Gasteiger partial charge in [0.05, 0.1) is 5.69 Å². The van der Waals surface area contributed by atoms with Crippen LogP contribution in [0.1, 0.15) is 0 Å². The fourth-order valence-corrected chi connectivity index (χ4v) is 2.24. The Morgan fingerprint density at radius 1 is 1.21 bits per heavy atom. The summed E-state index contributed by atoms with van der Waals surface area (Å²) in [4.78, 5) is 4.26. The Hall–Kier alpha value is -1.61. The lowest BCUT2D eigenvalue weighted by Crippen LogP contribution is -1.88. The van der Waals surface area contributed by atoms with Crippen LogP contribution in [0.3, 0.4) is 0 Å². The average Bonchev–Trinajstić information content (AvgIpc) is 2.88. The van der Waals surface area contributed by atoms with E-state index >= 15 is 0 Å². The van der Waals surface area contributed by atoms with E-state index in [4.69, 9.17) is 0 Å². The molecule has 3 aromatic rings. The molecular formula is C11H8N2S. The van der Waals surface area contributed by atoms with Crippen molar-refractivity contribution in [3.05, 3.63) is 47.4 Å². The maximum atomic E-state index is 4.26. The van der Waals surface area contributed by atoms with Gasteiger partial charge in [-0.2, -0.15) is 11.3 Å². The number of fused-ring (bicyclic) bond motifs is 1. The van der Waals surface area contributed by atoms with E-state index in [0.29, 0.717) is 0 Å². The van der Waals surface area contributed by atoms with Crippen LogP contribution in [0.4, 0.5) is 0 Å². The van der Waals surface area contributed by atoms with Gasteiger partial charge in [-0.1, -0.05) is 6.07 Å². The van der Waals surface area contributed by atoms with Gasteiger partial charge in [-0.05, 0) is 23.6 Å². The second-order valence-electron chi connectivity index (χ2n) is 3.08. The maximum absolute atomic E-state index is 4.26. The number of imidazole rings is 1. The van der Waals surface area contributed by atoms with E-state index in [0.717, 1.165) is 5.65 Å². The van der Waals surface area contributed by atoms with Crippen LogP contribution < -0.4 is 0 Å². The van der Waals surface area contributed by atoms with Crippen LogP contribution in [0.2, 0.25) is 0 Å². The maximum Gasteiger partial charge on any atom is 0.137 e. The summed E-state index contributed by atoms with van der Waals surface area (Å²) in [5, 5.41) is 4.24. The van der Waals surface area contributed by atoms with Crippen molar-refractivity contribution >= 4 is 17.0 Å². The van der Waals surface area contributed by atoms with Gasteiger partial charge in [-0.3, -0.25) is 4.40 Å². The van der Waals surface area contributed by atoms with Crippen molar-refractivity contribution in [3.8, 4) is 11.3 Å². The third kappa shape index (κ3) is 1.06. The summed E-state index contributed by atoms with van der Waals surface area (Å²) in [5.41, 5.74) is 3.44. The second kappa shape index (κ2) is 2.96. The molecule has 14 heavy (non-hydrogen) atoms. The Kier molecular flexibility index (Phi) is 1.64. The number of nitrogens with zero attached hydrogens (tertiary/aromatic N) is 2. The molecular weight excluding hydrogens is 192 g/mol. The lowest BCUT2D eigenvalue weighted by Gasteiger charge is -2.01. The van der Waals surface area contributed by atoms with Gasteiger partial charge < -0.3 is 0 Å². The predicted molar refractivity (Wildman–Crippen MR) is 58.5 cm³/mol. The molecule has 0 radical (unpaired) electrons.